The average molecular weight is 367 g/mol. The van der Waals surface area contributed by atoms with Crippen LogP contribution in [-0.4, -0.2) is 36.6 Å². The van der Waals surface area contributed by atoms with Gasteiger partial charge in [0, 0.05) is 11.9 Å². The molecule has 3 rings (SSSR count). The second-order valence-electron chi connectivity index (χ2n) is 8.14. The molecule has 1 aliphatic carbocycles. The topological polar surface area (TPSA) is 77.0 Å². The molecular weight excluding hydrogens is 336 g/mol. The number of amides is 1. The third-order valence-electron chi connectivity index (χ3n) is 6.16. The maximum Gasteiger partial charge on any atom is 0.225 e. The molecule has 0 spiro atoms. The van der Waals surface area contributed by atoms with Crippen LogP contribution in [0.4, 0.5) is 0 Å². The molecule has 0 aromatic heterocycles. The van der Waals surface area contributed by atoms with Gasteiger partial charge in [-0.2, -0.15) is 5.26 Å². The number of rotatable bonds is 4. The minimum atomic E-state index is -0.0926. The molecule has 0 aromatic carbocycles. The number of nitrogens with one attached hydrogen (secondary N) is 3. The van der Waals surface area contributed by atoms with Gasteiger partial charge < -0.3 is 10.6 Å². The van der Waals surface area contributed by atoms with Crippen molar-refractivity contribution in [3.8, 4) is 6.07 Å². The van der Waals surface area contributed by atoms with Gasteiger partial charge in [0.15, 0.2) is 0 Å². The summed E-state index contributed by atoms with van der Waals surface area (Å²) in [7, 11) is 0. The van der Waals surface area contributed by atoms with E-state index in [2.05, 4.69) is 22.0 Å². The van der Waals surface area contributed by atoms with Gasteiger partial charge in [-0.1, -0.05) is 12.8 Å². The normalized spacial score (nSPS) is 39.4. The summed E-state index contributed by atoms with van der Waals surface area (Å²) < 4.78 is 0. The molecule has 6 unspecified atom stereocenters. The van der Waals surface area contributed by atoms with Gasteiger partial charge in [-0.3, -0.25) is 10.1 Å². The largest absolute Gasteiger partial charge is 0.340 e. The highest BCUT2D eigenvalue weighted by molar-refractivity contribution is 6.20. The lowest BCUT2D eigenvalue weighted by Gasteiger charge is -2.35. The number of alkyl halides is 1. The fraction of sp³-hybridized carbons (Fsp3) is 0.895. The van der Waals surface area contributed by atoms with Gasteiger partial charge in [-0.15, -0.1) is 11.6 Å². The zero-order valence-corrected chi connectivity index (χ0v) is 15.7. The molecule has 1 amide bonds. The molecule has 3 N–H and O–H groups in total. The quantitative estimate of drug-likeness (QED) is 0.668. The van der Waals surface area contributed by atoms with Crippen molar-refractivity contribution in [2.45, 2.75) is 75.4 Å². The van der Waals surface area contributed by atoms with Gasteiger partial charge in [-0.25, -0.2) is 0 Å². The van der Waals surface area contributed by atoms with E-state index in [0.717, 1.165) is 31.7 Å². The number of piperidine rings is 2. The molecule has 6 atom stereocenters. The molecule has 2 saturated heterocycles. The van der Waals surface area contributed by atoms with Crippen LogP contribution < -0.4 is 16.0 Å². The van der Waals surface area contributed by atoms with Crippen molar-refractivity contribution in [3.05, 3.63) is 0 Å². The van der Waals surface area contributed by atoms with Gasteiger partial charge >= 0.3 is 0 Å². The van der Waals surface area contributed by atoms with Crippen molar-refractivity contribution in [1.82, 2.24) is 16.0 Å². The molecule has 25 heavy (non-hydrogen) atoms. The highest BCUT2D eigenvalue weighted by Gasteiger charge is 2.30. The molecule has 3 aliphatic rings. The summed E-state index contributed by atoms with van der Waals surface area (Å²) in [6.45, 7) is 1.61. The first-order valence-electron chi connectivity index (χ1n) is 9.95. The molecule has 3 fully saturated rings. The van der Waals surface area contributed by atoms with E-state index in [4.69, 9.17) is 16.9 Å². The van der Waals surface area contributed by atoms with Crippen molar-refractivity contribution < 1.29 is 4.79 Å². The standard InChI is InChI=1S/C19H31ClN4O/c20-16-3-1-2-13(9-16)8-14-4-7-18(23-11-14)24-19(25)15-5-6-17(10-21)22-12-15/h13-18,22-23H,1-9,11-12H2,(H,24,25). The van der Waals surface area contributed by atoms with E-state index >= 15 is 0 Å². The Balaban J connectivity index is 1.35. The van der Waals surface area contributed by atoms with Crippen LogP contribution in [0.3, 0.4) is 0 Å². The molecule has 6 heteroatoms. The molecule has 5 nitrogen and oxygen atoms in total. The van der Waals surface area contributed by atoms with Crippen LogP contribution in [0.5, 0.6) is 0 Å². The Labute approximate surface area is 156 Å². The molecule has 1 saturated carbocycles. The summed E-state index contributed by atoms with van der Waals surface area (Å²) in [6, 6.07) is 2.13. The summed E-state index contributed by atoms with van der Waals surface area (Å²) >= 11 is 6.32. The number of hydrogen-bond acceptors (Lipinski definition) is 4. The van der Waals surface area contributed by atoms with Crippen LogP contribution in [0.2, 0.25) is 0 Å². The Morgan fingerprint density at radius 3 is 2.60 bits per heavy atom. The SMILES string of the molecule is N#CC1CCC(C(=O)NC2CCC(CC3CCCC(Cl)C3)CN2)CN1. The summed E-state index contributed by atoms with van der Waals surface area (Å²) in [4.78, 5) is 12.4. The van der Waals surface area contributed by atoms with E-state index < -0.39 is 0 Å². The first kappa shape index (κ1) is 18.9. The van der Waals surface area contributed by atoms with Crippen LogP contribution in [0, 0.1) is 29.1 Å². The Kier molecular flexibility index (Phi) is 6.98. The average Bonchev–Trinajstić information content (AvgIpc) is 2.63. The number of halogens is 1. The molecule has 2 heterocycles. The lowest BCUT2D eigenvalue weighted by atomic mass is 9.80. The molecule has 2 aliphatic heterocycles. The van der Waals surface area contributed by atoms with Crippen LogP contribution in [0.1, 0.15) is 57.8 Å². The maximum absolute atomic E-state index is 12.4. The lowest BCUT2D eigenvalue weighted by molar-refractivity contribution is -0.126. The minimum Gasteiger partial charge on any atom is -0.340 e. The van der Waals surface area contributed by atoms with Gasteiger partial charge in [0.1, 0.15) is 0 Å². The van der Waals surface area contributed by atoms with Crippen LogP contribution in [0.15, 0.2) is 0 Å². The molecule has 0 aromatic rings. The fourth-order valence-electron chi connectivity index (χ4n) is 4.63. The van der Waals surface area contributed by atoms with E-state index in [1.54, 1.807) is 0 Å². The lowest BCUT2D eigenvalue weighted by Crippen LogP contribution is -2.53. The molecule has 0 bridgehead atoms. The molecular formula is C19H31ClN4O. The Bertz CT molecular complexity index is 478. The van der Waals surface area contributed by atoms with E-state index in [0.29, 0.717) is 17.8 Å². The van der Waals surface area contributed by atoms with E-state index in [1.165, 1.54) is 38.5 Å². The van der Waals surface area contributed by atoms with Crippen molar-refractivity contribution in [2.24, 2.45) is 17.8 Å². The Hall–Kier alpha value is -0.830. The Morgan fingerprint density at radius 2 is 1.96 bits per heavy atom. The summed E-state index contributed by atoms with van der Waals surface area (Å²) in [5.41, 5.74) is 0. The van der Waals surface area contributed by atoms with Gasteiger partial charge in [0.05, 0.1) is 24.2 Å². The van der Waals surface area contributed by atoms with Crippen molar-refractivity contribution >= 4 is 17.5 Å². The maximum atomic E-state index is 12.4. The zero-order chi connectivity index (χ0) is 17.6. The predicted molar refractivity (Wildman–Crippen MR) is 99.0 cm³/mol. The highest BCUT2D eigenvalue weighted by Crippen LogP contribution is 2.33. The summed E-state index contributed by atoms with van der Waals surface area (Å²) in [6.07, 6.45) is 10.1. The predicted octanol–water partition coefficient (Wildman–Crippen LogP) is 2.51. The van der Waals surface area contributed by atoms with Crippen LogP contribution in [0.25, 0.3) is 0 Å². The van der Waals surface area contributed by atoms with Gasteiger partial charge in [0.2, 0.25) is 5.91 Å². The molecule has 0 radical (unpaired) electrons. The number of carbonyl (C=O) groups is 1. The van der Waals surface area contributed by atoms with Crippen molar-refractivity contribution in [3.63, 3.8) is 0 Å². The minimum absolute atomic E-state index is 0.00739. The van der Waals surface area contributed by atoms with E-state index in [1.807, 2.05) is 0 Å². The number of nitriles is 1. The summed E-state index contributed by atoms with van der Waals surface area (Å²) in [5, 5.41) is 19.1. The van der Waals surface area contributed by atoms with Gasteiger partial charge in [0.25, 0.3) is 0 Å². The third kappa shape index (κ3) is 5.57. The van der Waals surface area contributed by atoms with Crippen LogP contribution in [-0.2, 0) is 4.79 Å². The van der Waals surface area contributed by atoms with E-state index in [9.17, 15) is 4.79 Å². The van der Waals surface area contributed by atoms with Gasteiger partial charge in [-0.05, 0) is 63.3 Å². The smallest absolute Gasteiger partial charge is 0.225 e. The third-order valence-corrected chi connectivity index (χ3v) is 6.56. The van der Waals surface area contributed by atoms with Crippen molar-refractivity contribution in [1.29, 1.82) is 5.26 Å². The van der Waals surface area contributed by atoms with Crippen LogP contribution >= 0.6 is 11.6 Å². The van der Waals surface area contributed by atoms with E-state index in [-0.39, 0.29) is 24.0 Å². The first-order valence-corrected chi connectivity index (χ1v) is 10.4. The Morgan fingerprint density at radius 1 is 1.08 bits per heavy atom. The first-order chi connectivity index (χ1) is 12.1. The molecule has 140 valence electrons. The summed E-state index contributed by atoms with van der Waals surface area (Å²) in [5.74, 6) is 1.62. The second-order valence-corrected chi connectivity index (χ2v) is 8.76. The second kappa shape index (κ2) is 9.21. The van der Waals surface area contributed by atoms with Crippen molar-refractivity contribution in [2.75, 3.05) is 13.1 Å². The zero-order valence-electron chi connectivity index (χ0n) is 15.0. The number of hydrogen-bond donors (Lipinski definition) is 3. The monoisotopic (exact) mass is 366 g/mol. The highest BCUT2D eigenvalue weighted by atomic mass is 35.5. The number of nitrogens with zero attached hydrogens (tertiary/aromatic N) is 1. The number of carbonyl (C=O) groups excluding carboxylic acids is 1. The fourth-order valence-corrected chi connectivity index (χ4v) is 5.04.